The number of amides is 1. The van der Waals surface area contributed by atoms with Crippen molar-refractivity contribution in [2.45, 2.75) is 6.04 Å². The van der Waals surface area contributed by atoms with Crippen LogP contribution in [0.4, 0.5) is 4.39 Å². The van der Waals surface area contributed by atoms with E-state index in [9.17, 15) is 9.18 Å². The van der Waals surface area contributed by atoms with Crippen molar-refractivity contribution in [1.29, 1.82) is 0 Å². The Morgan fingerprint density at radius 3 is 2.56 bits per heavy atom. The smallest absolute Gasteiger partial charge is 0.258 e. The van der Waals surface area contributed by atoms with Crippen LogP contribution in [-0.2, 0) is 11.8 Å². The topological polar surface area (TPSA) is 65.4 Å². The first-order chi connectivity index (χ1) is 13.1. The molecule has 7 heteroatoms. The molecule has 1 atom stereocenters. The third kappa shape index (κ3) is 4.25. The molecule has 0 aliphatic carbocycles. The highest BCUT2D eigenvalue weighted by molar-refractivity contribution is 5.78. The van der Waals surface area contributed by atoms with Crippen molar-refractivity contribution >= 4 is 5.91 Å². The fourth-order valence-electron chi connectivity index (χ4n) is 2.75. The molecule has 0 aliphatic rings. The second kappa shape index (κ2) is 8.35. The lowest BCUT2D eigenvalue weighted by molar-refractivity contribution is -0.123. The summed E-state index contributed by atoms with van der Waals surface area (Å²) in [7, 11) is 3.41. The molecule has 2 aromatic carbocycles. The van der Waals surface area contributed by atoms with E-state index in [0.29, 0.717) is 11.6 Å². The zero-order valence-electron chi connectivity index (χ0n) is 15.1. The third-order valence-electron chi connectivity index (χ3n) is 4.07. The average Bonchev–Trinajstić information content (AvgIpc) is 3.11. The van der Waals surface area contributed by atoms with Gasteiger partial charge in [-0.15, -0.1) is 0 Å². The largest absolute Gasteiger partial charge is 0.496 e. The van der Waals surface area contributed by atoms with Gasteiger partial charge in [0.1, 0.15) is 17.6 Å². The van der Waals surface area contributed by atoms with E-state index in [1.54, 1.807) is 31.6 Å². The van der Waals surface area contributed by atoms with Crippen molar-refractivity contribution in [3.05, 3.63) is 78.1 Å². The standard InChI is InChI=1S/C20H20FN3O3/c1-24-12-11-22-20(24)19(14-7-3-5-9-16(14)26-2)23-18(25)13-27-17-10-6-4-8-15(17)21/h3-12,19H,13H2,1-2H3,(H,23,25). The van der Waals surface area contributed by atoms with Crippen molar-refractivity contribution in [3.8, 4) is 11.5 Å². The van der Waals surface area contributed by atoms with Gasteiger partial charge in [0.15, 0.2) is 18.2 Å². The Morgan fingerprint density at radius 2 is 1.89 bits per heavy atom. The van der Waals surface area contributed by atoms with Crippen molar-refractivity contribution in [1.82, 2.24) is 14.9 Å². The lowest BCUT2D eigenvalue weighted by atomic mass is 10.0. The molecule has 0 saturated carbocycles. The average molecular weight is 369 g/mol. The molecule has 0 radical (unpaired) electrons. The van der Waals surface area contributed by atoms with E-state index in [0.717, 1.165) is 5.56 Å². The predicted molar refractivity (Wildman–Crippen MR) is 98.1 cm³/mol. The monoisotopic (exact) mass is 369 g/mol. The number of ether oxygens (including phenoxy) is 2. The van der Waals surface area contributed by atoms with E-state index >= 15 is 0 Å². The molecule has 0 aliphatic heterocycles. The van der Waals surface area contributed by atoms with E-state index in [2.05, 4.69) is 10.3 Å². The van der Waals surface area contributed by atoms with E-state index in [4.69, 9.17) is 9.47 Å². The fraction of sp³-hybridized carbons (Fsp3) is 0.200. The molecule has 1 aromatic heterocycles. The van der Waals surface area contributed by atoms with E-state index < -0.39 is 17.8 Å². The third-order valence-corrected chi connectivity index (χ3v) is 4.07. The second-order valence-electron chi connectivity index (χ2n) is 5.86. The van der Waals surface area contributed by atoms with Gasteiger partial charge in [0, 0.05) is 25.0 Å². The molecule has 1 unspecified atom stereocenters. The Kier molecular flexibility index (Phi) is 5.71. The van der Waals surface area contributed by atoms with Gasteiger partial charge in [0.25, 0.3) is 5.91 Å². The summed E-state index contributed by atoms with van der Waals surface area (Å²) < 4.78 is 26.2. The van der Waals surface area contributed by atoms with Crippen LogP contribution in [0.15, 0.2) is 60.9 Å². The number of imidazole rings is 1. The molecular formula is C20H20FN3O3. The van der Waals surface area contributed by atoms with Crippen LogP contribution in [0.25, 0.3) is 0 Å². The summed E-state index contributed by atoms with van der Waals surface area (Å²) in [5, 5.41) is 2.89. The molecule has 0 saturated heterocycles. The van der Waals surface area contributed by atoms with Gasteiger partial charge in [-0.2, -0.15) is 0 Å². The van der Waals surface area contributed by atoms with Crippen molar-refractivity contribution in [2.24, 2.45) is 7.05 Å². The van der Waals surface area contributed by atoms with E-state index in [1.165, 1.54) is 12.1 Å². The first-order valence-electron chi connectivity index (χ1n) is 8.37. The number of nitrogens with one attached hydrogen (secondary N) is 1. The predicted octanol–water partition coefficient (Wildman–Crippen LogP) is 2.85. The number of rotatable bonds is 7. The minimum atomic E-state index is -0.544. The Labute approximate surface area is 156 Å². The first-order valence-corrected chi connectivity index (χ1v) is 8.37. The van der Waals surface area contributed by atoms with Crippen LogP contribution in [-0.4, -0.2) is 29.2 Å². The molecule has 140 valence electrons. The number of carbonyl (C=O) groups excluding carboxylic acids is 1. The molecular weight excluding hydrogens is 349 g/mol. The van der Waals surface area contributed by atoms with Crippen LogP contribution in [0, 0.1) is 5.82 Å². The second-order valence-corrected chi connectivity index (χ2v) is 5.86. The zero-order chi connectivity index (χ0) is 19.2. The lowest BCUT2D eigenvalue weighted by Crippen LogP contribution is -2.34. The Morgan fingerprint density at radius 1 is 1.19 bits per heavy atom. The SMILES string of the molecule is COc1ccccc1C(NC(=O)COc1ccccc1F)c1nccn1C. The van der Waals surface area contributed by atoms with Crippen molar-refractivity contribution < 1.29 is 18.7 Å². The van der Waals surface area contributed by atoms with Gasteiger partial charge in [-0.3, -0.25) is 4.79 Å². The molecule has 1 N–H and O–H groups in total. The maximum atomic E-state index is 13.7. The number of nitrogens with zero attached hydrogens (tertiary/aromatic N) is 2. The summed E-state index contributed by atoms with van der Waals surface area (Å²) in [5.41, 5.74) is 0.758. The maximum Gasteiger partial charge on any atom is 0.258 e. The molecule has 1 heterocycles. The molecule has 3 aromatic rings. The summed E-state index contributed by atoms with van der Waals surface area (Å²) >= 11 is 0. The van der Waals surface area contributed by atoms with E-state index in [-0.39, 0.29) is 12.4 Å². The van der Waals surface area contributed by atoms with E-state index in [1.807, 2.05) is 35.9 Å². The van der Waals surface area contributed by atoms with Gasteiger partial charge in [-0.1, -0.05) is 30.3 Å². The van der Waals surface area contributed by atoms with Crippen LogP contribution in [0.3, 0.4) is 0 Å². The van der Waals surface area contributed by atoms with Crippen LogP contribution in [0.2, 0.25) is 0 Å². The molecule has 0 fully saturated rings. The highest BCUT2D eigenvalue weighted by Gasteiger charge is 2.24. The number of para-hydroxylation sites is 2. The zero-order valence-corrected chi connectivity index (χ0v) is 15.1. The molecule has 0 bridgehead atoms. The molecule has 6 nitrogen and oxygen atoms in total. The number of benzene rings is 2. The first kappa shape index (κ1) is 18.4. The summed E-state index contributed by atoms with van der Waals surface area (Å²) in [4.78, 5) is 16.8. The van der Waals surface area contributed by atoms with Gasteiger partial charge >= 0.3 is 0 Å². The van der Waals surface area contributed by atoms with Crippen molar-refractivity contribution in [3.63, 3.8) is 0 Å². The summed E-state index contributed by atoms with van der Waals surface area (Å²) in [6.45, 7) is -0.322. The van der Waals surface area contributed by atoms with Gasteiger partial charge in [0.05, 0.1) is 7.11 Å². The highest BCUT2D eigenvalue weighted by Crippen LogP contribution is 2.29. The maximum absolute atomic E-state index is 13.7. The summed E-state index contributed by atoms with van der Waals surface area (Å²) in [6.07, 6.45) is 3.44. The van der Waals surface area contributed by atoms with Crippen LogP contribution in [0.1, 0.15) is 17.4 Å². The van der Waals surface area contributed by atoms with Crippen molar-refractivity contribution in [2.75, 3.05) is 13.7 Å². The number of carbonyl (C=O) groups is 1. The number of halogens is 1. The number of aryl methyl sites for hydroxylation is 1. The quantitative estimate of drug-likeness (QED) is 0.696. The van der Waals surface area contributed by atoms with Crippen LogP contribution in [0.5, 0.6) is 11.5 Å². The Hall–Kier alpha value is -3.35. The normalized spacial score (nSPS) is 11.7. The Bertz CT molecular complexity index is 926. The number of methoxy groups -OCH3 is 1. The minimum Gasteiger partial charge on any atom is -0.496 e. The fourth-order valence-corrected chi connectivity index (χ4v) is 2.75. The molecule has 27 heavy (non-hydrogen) atoms. The number of aromatic nitrogens is 2. The highest BCUT2D eigenvalue weighted by atomic mass is 19.1. The Balaban J connectivity index is 1.81. The minimum absolute atomic E-state index is 0.0264. The van der Waals surface area contributed by atoms with Gasteiger partial charge in [0.2, 0.25) is 0 Å². The summed E-state index contributed by atoms with van der Waals surface area (Å²) in [5.74, 6) is 0.367. The molecule has 0 spiro atoms. The summed E-state index contributed by atoms with van der Waals surface area (Å²) in [6, 6.07) is 12.8. The number of hydrogen-bond acceptors (Lipinski definition) is 4. The molecule has 1 amide bonds. The van der Waals surface area contributed by atoms with Crippen LogP contribution >= 0.6 is 0 Å². The van der Waals surface area contributed by atoms with Gasteiger partial charge in [-0.05, 0) is 18.2 Å². The lowest BCUT2D eigenvalue weighted by Gasteiger charge is -2.21. The van der Waals surface area contributed by atoms with Gasteiger partial charge in [-0.25, -0.2) is 9.37 Å². The number of hydrogen-bond donors (Lipinski definition) is 1. The molecule has 3 rings (SSSR count). The van der Waals surface area contributed by atoms with Gasteiger partial charge < -0.3 is 19.4 Å². The van der Waals surface area contributed by atoms with Crippen LogP contribution < -0.4 is 14.8 Å².